The number of benzene rings is 2. The van der Waals surface area contributed by atoms with Crippen LogP contribution in [0.4, 0.5) is 22.0 Å². The van der Waals surface area contributed by atoms with E-state index in [1.165, 1.54) is 12.1 Å². The third-order valence-electron chi connectivity index (χ3n) is 4.18. The first-order valence-electron chi connectivity index (χ1n) is 8.90. The number of carbonyl (C=O) groups excluding carboxylic acids is 2. The van der Waals surface area contributed by atoms with E-state index in [9.17, 15) is 31.5 Å². The van der Waals surface area contributed by atoms with E-state index in [0.717, 1.165) is 30.5 Å². The Morgan fingerprint density at radius 2 is 1.71 bits per heavy atom. The standard InChI is InChI=1S/C21H14F5NO4/c22-14-5-2-6-15(23)20(14)17-10-27-18(31-17)7-8-19(29)30-11-16(28)12-3-1-4-13(9-12)21(24,25)26/h1-6,9-10H,7-8,11H2. The molecule has 0 N–H and O–H groups in total. The minimum Gasteiger partial charge on any atom is -0.457 e. The fourth-order valence-electron chi connectivity index (χ4n) is 2.65. The Hall–Kier alpha value is -3.56. The van der Waals surface area contributed by atoms with Crippen LogP contribution >= 0.6 is 0 Å². The number of nitrogens with zero attached hydrogens (tertiary/aromatic N) is 1. The Kier molecular flexibility index (Phi) is 6.47. The molecule has 1 aromatic heterocycles. The van der Waals surface area contributed by atoms with Crippen LogP contribution in [0.2, 0.25) is 0 Å². The van der Waals surface area contributed by atoms with E-state index < -0.39 is 47.3 Å². The van der Waals surface area contributed by atoms with Gasteiger partial charge in [-0.3, -0.25) is 9.59 Å². The molecule has 3 rings (SSSR count). The van der Waals surface area contributed by atoms with Gasteiger partial charge in [-0.1, -0.05) is 18.2 Å². The Balaban J connectivity index is 1.53. The van der Waals surface area contributed by atoms with E-state index in [0.29, 0.717) is 6.07 Å². The van der Waals surface area contributed by atoms with Crippen molar-refractivity contribution in [3.05, 3.63) is 77.3 Å². The Morgan fingerprint density at radius 3 is 2.39 bits per heavy atom. The molecule has 3 aromatic rings. The van der Waals surface area contributed by atoms with Crippen LogP contribution in [-0.2, 0) is 22.1 Å². The molecule has 0 amide bonds. The van der Waals surface area contributed by atoms with Crippen molar-refractivity contribution in [1.82, 2.24) is 4.98 Å². The zero-order valence-corrected chi connectivity index (χ0v) is 15.7. The maximum atomic E-state index is 13.8. The molecule has 1 heterocycles. The second kappa shape index (κ2) is 9.07. The van der Waals surface area contributed by atoms with Gasteiger partial charge in [-0.25, -0.2) is 13.8 Å². The SMILES string of the molecule is O=C(CCc1ncc(-c2c(F)cccc2F)o1)OCC(=O)c1cccc(C(F)(F)F)c1. The molecule has 2 aromatic carbocycles. The number of rotatable bonds is 7. The van der Waals surface area contributed by atoms with Gasteiger partial charge in [0.25, 0.3) is 0 Å². The summed E-state index contributed by atoms with van der Waals surface area (Å²) in [5.74, 6) is -3.44. The highest BCUT2D eigenvalue weighted by Gasteiger charge is 2.31. The minimum atomic E-state index is -4.60. The van der Waals surface area contributed by atoms with Crippen molar-refractivity contribution < 1.29 is 40.7 Å². The number of hydrogen-bond acceptors (Lipinski definition) is 5. The number of alkyl halides is 3. The van der Waals surface area contributed by atoms with Crippen LogP contribution in [0.5, 0.6) is 0 Å². The number of ketones is 1. The summed E-state index contributed by atoms with van der Waals surface area (Å²) in [6.07, 6.45) is -3.84. The molecule has 162 valence electrons. The highest BCUT2D eigenvalue weighted by Crippen LogP contribution is 2.30. The summed E-state index contributed by atoms with van der Waals surface area (Å²) in [6, 6.07) is 7.06. The molecule has 0 aliphatic heterocycles. The summed E-state index contributed by atoms with van der Waals surface area (Å²) in [6.45, 7) is -0.739. The lowest BCUT2D eigenvalue weighted by Gasteiger charge is -2.08. The number of Topliss-reactive ketones (excluding diaryl/α,β-unsaturated/α-hetero) is 1. The molecule has 0 spiro atoms. The smallest absolute Gasteiger partial charge is 0.416 e. The van der Waals surface area contributed by atoms with Gasteiger partial charge in [-0.2, -0.15) is 13.2 Å². The van der Waals surface area contributed by atoms with Gasteiger partial charge in [0.05, 0.1) is 23.7 Å². The molecule has 0 saturated carbocycles. The summed E-state index contributed by atoms with van der Waals surface area (Å²) in [5, 5.41) is 0. The molecule has 10 heteroatoms. The van der Waals surface area contributed by atoms with Crippen molar-refractivity contribution in [1.29, 1.82) is 0 Å². The first-order chi connectivity index (χ1) is 14.6. The van der Waals surface area contributed by atoms with Crippen molar-refractivity contribution >= 4 is 11.8 Å². The third-order valence-corrected chi connectivity index (χ3v) is 4.18. The summed E-state index contributed by atoms with van der Waals surface area (Å²) in [4.78, 5) is 27.6. The number of aryl methyl sites for hydroxylation is 1. The predicted molar refractivity (Wildman–Crippen MR) is 96.9 cm³/mol. The van der Waals surface area contributed by atoms with E-state index in [2.05, 4.69) is 4.98 Å². The molecule has 0 aliphatic carbocycles. The summed E-state index contributed by atoms with van der Waals surface area (Å²) in [5.41, 5.74) is -1.63. The molecule has 0 aliphatic rings. The molecule has 0 bridgehead atoms. The van der Waals surface area contributed by atoms with Gasteiger partial charge in [0.2, 0.25) is 0 Å². The third kappa shape index (κ3) is 5.53. The number of aromatic nitrogens is 1. The first-order valence-corrected chi connectivity index (χ1v) is 8.90. The topological polar surface area (TPSA) is 69.4 Å². The normalized spacial score (nSPS) is 11.4. The van der Waals surface area contributed by atoms with Gasteiger partial charge in [0.15, 0.2) is 24.0 Å². The van der Waals surface area contributed by atoms with Crippen LogP contribution in [0, 0.1) is 11.6 Å². The number of ether oxygens (including phenoxy) is 1. The van der Waals surface area contributed by atoms with Gasteiger partial charge in [-0.05, 0) is 24.3 Å². The number of hydrogen-bond donors (Lipinski definition) is 0. The van der Waals surface area contributed by atoms with Gasteiger partial charge < -0.3 is 9.15 Å². The van der Waals surface area contributed by atoms with E-state index >= 15 is 0 Å². The average molecular weight is 439 g/mol. The van der Waals surface area contributed by atoms with Gasteiger partial charge in [-0.15, -0.1) is 0 Å². The van der Waals surface area contributed by atoms with E-state index in [-0.39, 0.29) is 30.1 Å². The van der Waals surface area contributed by atoms with Crippen molar-refractivity contribution in [3.8, 4) is 11.3 Å². The molecule has 0 saturated heterocycles. The first kappa shape index (κ1) is 22.1. The number of carbonyl (C=O) groups is 2. The fourth-order valence-corrected chi connectivity index (χ4v) is 2.65. The van der Waals surface area contributed by atoms with Crippen LogP contribution in [0.15, 0.2) is 53.1 Å². The largest absolute Gasteiger partial charge is 0.457 e. The quantitative estimate of drug-likeness (QED) is 0.295. The molecule has 0 radical (unpaired) electrons. The average Bonchev–Trinajstić information content (AvgIpc) is 3.18. The highest BCUT2D eigenvalue weighted by molar-refractivity contribution is 5.98. The maximum absolute atomic E-state index is 13.8. The minimum absolute atomic E-state index is 0.0128. The van der Waals surface area contributed by atoms with Crippen LogP contribution in [0.25, 0.3) is 11.3 Å². The van der Waals surface area contributed by atoms with E-state index in [1.54, 1.807) is 0 Å². The summed E-state index contributed by atoms with van der Waals surface area (Å²) < 4.78 is 75.7. The van der Waals surface area contributed by atoms with Gasteiger partial charge >= 0.3 is 12.1 Å². The van der Waals surface area contributed by atoms with E-state index in [4.69, 9.17) is 9.15 Å². The highest BCUT2D eigenvalue weighted by atomic mass is 19.4. The van der Waals surface area contributed by atoms with Crippen LogP contribution in [0.3, 0.4) is 0 Å². The Morgan fingerprint density at radius 1 is 1.03 bits per heavy atom. The molecule has 0 atom stereocenters. The Labute approximate surface area is 172 Å². The van der Waals surface area contributed by atoms with Crippen molar-refractivity contribution in [2.75, 3.05) is 6.61 Å². The zero-order valence-electron chi connectivity index (χ0n) is 15.7. The lowest BCUT2D eigenvalue weighted by molar-refractivity contribution is -0.142. The number of oxazole rings is 1. The predicted octanol–water partition coefficient (Wildman–Crippen LogP) is 5.00. The lowest BCUT2D eigenvalue weighted by atomic mass is 10.1. The molecular weight excluding hydrogens is 425 g/mol. The number of esters is 1. The Bertz CT molecular complexity index is 1090. The lowest BCUT2D eigenvalue weighted by Crippen LogP contribution is -2.15. The number of halogens is 5. The summed E-state index contributed by atoms with van der Waals surface area (Å²) >= 11 is 0. The van der Waals surface area contributed by atoms with Crippen molar-refractivity contribution in [3.63, 3.8) is 0 Å². The second-order valence-electron chi connectivity index (χ2n) is 6.38. The summed E-state index contributed by atoms with van der Waals surface area (Å²) in [7, 11) is 0. The van der Waals surface area contributed by atoms with Crippen molar-refractivity contribution in [2.24, 2.45) is 0 Å². The molecule has 5 nitrogen and oxygen atoms in total. The maximum Gasteiger partial charge on any atom is 0.416 e. The van der Waals surface area contributed by atoms with E-state index in [1.807, 2.05) is 0 Å². The second-order valence-corrected chi connectivity index (χ2v) is 6.38. The molecule has 0 unspecified atom stereocenters. The molecule has 31 heavy (non-hydrogen) atoms. The van der Waals surface area contributed by atoms with Crippen LogP contribution in [-0.4, -0.2) is 23.3 Å². The fraction of sp³-hybridized carbons (Fsp3) is 0.190. The van der Waals surface area contributed by atoms with Gasteiger partial charge in [0.1, 0.15) is 11.6 Å². The van der Waals surface area contributed by atoms with Crippen molar-refractivity contribution in [2.45, 2.75) is 19.0 Å². The van der Waals surface area contributed by atoms with Crippen LogP contribution < -0.4 is 0 Å². The molecular formula is C21H14F5NO4. The zero-order chi connectivity index (χ0) is 22.6. The molecule has 0 fully saturated rings. The van der Waals surface area contributed by atoms with Gasteiger partial charge in [0, 0.05) is 12.0 Å². The monoisotopic (exact) mass is 439 g/mol. The van der Waals surface area contributed by atoms with Crippen LogP contribution in [0.1, 0.15) is 28.2 Å².